The van der Waals surface area contributed by atoms with E-state index in [1.54, 1.807) is 12.3 Å². The lowest BCUT2D eigenvalue weighted by Crippen LogP contribution is -2.30. The number of hydrogen-bond acceptors (Lipinski definition) is 3. The maximum absolute atomic E-state index is 12.9. The fourth-order valence-corrected chi connectivity index (χ4v) is 3.51. The van der Waals surface area contributed by atoms with Gasteiger partial charge in [-0.05, 0) is 31.2 Å². The zero-order chi connectivity index (χ0) is 15.5. The van der Waals surface area contributed by atoms with E-state index in [2.05, 4.69) is 4.98 Å². The fourth-order valence-electron chi connectivity index (χ4n) is 2.40. The molecule has 1 amide bonds. The minimum Gasteiger partial charge on any atom is -0.334 e. The SMILES string of the molecule is CCN(Cc1ccc(Cl)s1)C(=O)c1ccnc2ccccc12. The second-order valence-electron chi connectivity index (χ2n) is 4.90. The van der Waals surface area contributed by atoms with E-state index in [0.29, 0.717) is 18.7 Å². The first-order chi connectivity index (χ1) is 10.7. The van der Waals surface area contributed by atoms with Gasteiger partial charge in [-0.25, -0.2) is 0 Å². The van der Waals surface area contributed by atoms with Crippen molar-refractivity contribution >= 4 is 39.7 Å². The molecule has 0 spiro atoms. The Hall–Kier alpha value is -1.91. The number of pyridine rings is 1. The summed E-state index contributed by atoms with van der Waals surface area (Å²) in [5, 5.41) is 0.887. The molecule has 5 heteroatoms. The lowest BCUT2D eigenvalue weighted by Gasteiger charge is -2.21. The monoisotopic (exact) mass is 330 g/mol. The molecule has 0 saturated carbocycles. The van der Waals surface area contributed by atoms with Crippen molar-refractivity contribution in [1.29, 1.82) is 0 Å². The predicted octanol–water partition coefficient (Wildman–Crippen LogP) is 4.61. The summed E-state index contributed by atoms with van der Waals surface area (Å²) in [6, 6.07) is 13.3. The van der Waals surface area contributed by atoms with Crippen LogP contribution in [-0.2, 0) is 6.54 Å². The van der Waals surface area contributed by atoms with Gasteiger partial charge < -0.3 is 4.90 Å². The maximum Gasteiger partial charge on any atom is 0.254 e. The molecule has 0 unspecified atom stereocenters. The van der Waals surface area contributed by atoms with Crippen LogP contribution in [0.1, 0.15) is 22.2 Å². The lowest BCUT2D eigenvalue weighted by atomic mass is 10.1. The van der Waals surface area contributed by atoms with E-state index in [1.807, 2.05) is 48.2 Å². The van der Waals surface area contributed by atoms with Crippen LogP contribution >= 0.6 is 22.9 Å². The second kappa shape index (κ2) is 6.46. The third-order valence-corrected chi connectivity index (χ3v) is 4.74. The van der Waals surface area contributed by atoms with Crippen LogP contribution in [-0.4, -0.2) is 22.3 Å². The summed E-state index contributed by atoms with van der Waals surface area (Å²) < 4.78 is 0.743. The van der Waals surface area contributed by atoms with Crippen molar-refractivity contribution in [1.82, 2.24) is 9.88 Å². The molecular weight excluding hydrogens is 316 g/mol. The Morgan fingerprint density at radius 3 is 2.77 bits per heavy atom. The molecule has 22 heavy (non-hydrogen) atoms. The number of rotatable bonds is 4. The van der Waals surface area contributed by atoms with Crippen molar-refractivity contribution in [3.63, 3.8) is 0 Å². The number of nitrogens with zero attached hydrogens (tertiary/aromatic N) is 2. The number of carbonyl (C=O) groups is 1. The Kier molecular flexibility index (Phi) is 4.41. The zero-order valence-corrected chi connectivity index (χ0v) is 13.7. The van der Waals surface area contributed by atoms with Crippen LogP contribution in [0.3, 0.4) is 0 Å². The topological polar surface area (TPSA) is 33.2 Å². The smallest absolute Gasteiger partial charge is 0.254 e. The Bertz CT molecular complexity index is 810. The normalized spacial score (nSPS) is 10.8. The highest BCUT2D eigenvalue weighted by molar-refractivity contribution is 7.16. The highest BCUT2D eigenvalue weighted by Crippen LogP contribution is 2.24. The molecule has 0 aliphatic rings. The van der Waals surface area contributed by atoms with Gasteiger partial charge in [-0.2, -0.15) is 0 Å². The summed E-state index contributed by atoms with van der Waals surface area (Å²) in [5.74, 6) is 0.0191. The van der Waals surface area contributed by atoms with E-state index in [0.717, 1.165) is 20.1 Å². The average molecular weight is 331 g/mol. The van der Waals surface area contributed by atoms with E-state index in [-0.39, 0.29) is 5.91 Å². The van der Waals surface area contributed by atoms with E-state index in [9.17, 15) is 4.79 Å². The Morgan fingerprint density at radius 1 is 1.23 bits per heavy atom. The van der Waals surface area contributed by atoms with Gasteiger partial charge in [0.25, 0.3) is 5.91 Å². The van der Waals surface area contributed by atoms with Crippen molar-refractivity contribution in [2.45, 2.75) is 13.5 Å². The molecular formula is C17H15ClN2OS. The minimum absolute atomic E-state index is 0.0191. The third-order valence-electron chi connectivity index (χ3n) is 3.52. The number of fused-ring (bicyclic) bond motifs is 1. The molecule has 3 aromatic rings. The summed E-state index contributed by atoms with van der Waals surface area (Å²) in [5.41, 5.74) is 1.53. The number of amides is 1. The number of carbonyl (C=O) groups excluding carboxylic acids is 1. The fraction of sp³-hybridized carbons (Fsp3) is 0.176. The van der Waals surface area contributed by atoms with E-state index < -0.39 is 0 Å². The molecule has 112 valence electrons. The molecule has 2 heterocycles. The van der Waals surface area contributed by atoms with Crippen LogP contribution < -0.4 is 0 Å². The molecule has 3 nitrogen and oxygen atoms in total. The van der Waals surface area contributed by atoms with Gasteiger partial charge in [0.15, 0.2) is 0 Å². The molecule has 0 N–H and O–H groups in total. The molecule has 2 aromatic heterocycles. The van der Waals surface area contributed by atoms with Crippen LogP contribution in [0.5, 0.6) is 0 Å². The highest BCUT2D eigenvalue weighted by Gasteiger charge is 2.17. The number of aromatic nitrogens is 1. The van der Waals surface area contributed by atoms with E-state index in [1.165, 1.54) is 11.3 Å². The summed E-state index contributed by atoms with van der Waals surface area (Å²) in [4.78, 5) is 20.1. The van der Waals surface area contributed by atoms with Crippen LogP contribution in [0.25, 0.3) is 10.9 Å². The van der Waals surface area contributed by atoms with Gasteiger partial charge in [-0.3, -0.25) is 9.78 Å². The van der Waals surface area contributed by atoms with Gasteiger partial charge in [0, 0.05) is 23.0 Å². The van der Waals surface area contributed by atoms with Crippen molar-refractivity contribution < 1.29 is 4.79 Å². The quantitative estimate of drug-likeness (QED) is 0.699. The number of thiophene rings is 1. The summed E-state index contributed by atoms with van der Waals surface area (Å²) in [6.45, 7) is 3.20. The second-order valence-corrected chi connectivity index (χ2v) is 6.70. The molecule has 0 bridgehead atoms. The van der Waals surface area contributed by atoms with Crippen molar-refractivity contribution in [2.75, 3.05) is 6.54 Å². The molecule has 0 saturated heterocycles. The average Bonchev–Trinajstić information content (AvgIpc) is 2.96. The van der Waals surface area contributed by atoms with Crippen LogP contribution in [0.2, 0.25) is 4.34 Å². The Labute approximate surface area is 138 Å². The van der Waals surface area contributed by atoms with E-state index in [4.69, 9.17) is 11.6 Å². The molecule has 0 aliphatic carbocycles. The van der Waals surface area contributed by atoms with Gasteiger partial charge in [-0.1, -0.05) is 29.8 Å². The van der Waals surface area contributed by atoms with Crippen molar-refractivity contribution in [3.05, 3.63) is 63.4 Å². The summed E-state index contributed by atoms with van der Waals surface area (Å²) in [6.07, 6.45) is 1.69. The van der Waals surface area contributed by atoms with Gasteiger partial charge >= 0.3 is 0 Å². The summed E-state index contributed by atoms with van der Waals surface area (Å²) in [7, 11) is 0. The number of halogens is 1. The molecule has 0 radical (unpaired) electrons. The predicted molar refractivity (Wildman–Crippen MR) is 91.5 cm³/mol. The zero-order valence-electron chi connectivity index (χ0n) is 12.1. The molecule has 1 aromatic carbocycles. The third kappa shape index (κ3) is 2.98. The van der Waals surface area contributed by atoms with Gasteiger partial charge in [-0.15, -0.1) is 11.3 Å². The van der Waals surface area contributed by atoms with Crippen LogP contribution in [0, 0.1) is 0 Å². The number of hydrogen-bond donors (Lipinski definition) is 0. The van der Waals surface area contributed by atoms with E-state index >= 15 is 0 Å². The molecule has 0 fully saturated rings. The number of benzene rings is 1. The molecule has 0 aliphatic heterocycles. The van der Waals surface area contributed by atoms with Crippen molar-refractivity contribution in [3.8, 4) is 0 Å². The Balaban J connectivity index is 1.93. The maximum atomic E-state index is 12.9. The number of para-hydroxylation sites is 1. The van der Waals surface area contributed by atoms with Crippen LogP contribution in [0.15, 0.2) is 48.7 Å². The first kappa shape index (κ1) is 15.0. The Morgan fingerprint density at radius 2 is 2.05 bits per heavy atom. The van der Waals surface area contributed by atoms with Gasteiger partial charge in [0.05, 0.1) is 22.0 Å². The largest absolute Gasteiger partial charge is 0.334 e. The first-order valence-electron chi connectivity index (χ1n) is 7.06. The lowest BCUT2D eigenvalue weighted by molar-refractivity contribution is 0.0756. The van der Waals surface area contributed by atoms with Gasteiger partial charge in [0.1, 0.15) is 0 Å². The summed E-state index contributed by atoms with van der Waals surface area (Å²) >= 11 is 7.48. The minimum atomic E-state index is 0.0191. The highest BCUT2D eigenvalue weighted by atomic mass is 35.5. The van der Waals surface area contributed by atoms with Gasteiger partial charge in [0.2, 0.25) is 0 Å². The molecule has 0 atom stereocenters. The molecule has 3 rings (SSSR count). The first-order valence-corrected chi connectivity index (χ1v) is 8.25. The van der Waals surface area contributed by atoms with Crippen molar-refractivity contribution in [2.24, 2.45) is 0 Å². The van der Waals surface area contributed by atoms with Crippen LogP contribution in [0.4, 0.5) is 0 Å². The standard InChI is InChI=1S/C17H15ClN2OS/c1-2-20(11-12-7-8-16(18)22-12)17(21)14-9-10-19-15-6-4-3-5-13(14)15/h3-10H,2,11H2,1H3.